The lowest BCUT2D eigenvalue weighted by molar-refractivity contribution is -0.141. The Hall–Kier alpha value is -3.66. The zero-order valence-corrected chi connectivity index (χ0v) is 14.7. The second-order valence-corrected chi connectivity index (χ2v) is 5.72. The molecule has 0 bridgehead atoms. The Labute approximate surface area is 156 Å². The van der Waals surface area contributed by atoms with Crippen molar-refractivity contribution in [2.45, 2.75) is 25.8 Å². The van der Waals surface area contributed by atoms with Crippen molar-refractivity contribution >= 4 is 5.97 Å². The van der Waals surface area contributed by atoms with Gasteiger partial charge in [0.25, 0.3) is 0 Å². The Morgan fingerprint density at radius 3 is 2.74 bits per heavy atom. The van der Waals surface area contributed by atoms with Gasteiger partial charge in [-0.05, 0) is 25.1 Å². The number of aryl methyl sites for hydroxylation is 1. The minimum atomic E-state index is -1.02. The van der Waals surface area contributed by atoms with Crippen molar-refractivity contribution in [2.24, 2.45) is 0 Å². The van der Waals surface area contributed by atoms with Gasteiger partial charge in [0.15, 0.2) is 6.04 Å². The fourth-order valence-corrected chi connectivity index (χ4v) is 2.42. The highest BCUT2D eigenvalue weighted by molar-refractivity contribution is 5.71. The number of carboxylic acids is 1. The number of aromatic nitrogens is 4. The molecule has 1 N–H and O–H groups in total. The molecule has 1 aromatic carbocycles. The Bertz CT molecular complexity index is 979. The second kappa shape index (κ2) is 8.63. The number of benzene rings is 1. The molecular formula is C20H18N4O3. The van der Waals surface area contributed by atoms with E-state index in [1.807, 2.05) is 43.3 Å². The van der Waals surface area contributed by atoms with Crippen molar-refractivity contribution in [3.63, 3.8) is 0 Å². The first-order valence-corrected chi connectivity index (χ1v) is 8.39. The topological polar surface area (TPSA) is 94.0 Å². The molecule has 0 amide bonds. The molecule has 27 heavy (non-hydrogen) atoms. The fraction of sp³-hybridized carbons (Fsp3) is 0.200. The van der Waals surface area contributed by atoms with Crippen LogP contribution in [0.25, 0.3) is 11.5 Å². The van der Waals surface area contributed by atoms with Crippen LogP contribution in [0.3, 0.4) is 0 Å². The molecule has 2 heterocycles. The van der Waals surface area contributed by atoms with Crippen LogP contribution in [0, 0.1) is 18.8 Å². The second-order valence-electron chi connectivity index (χ2n) is 5.72. The quantitative estimate of drug-likeness (QED) is 0.677. The van der Waals surface area contributed by atoms with E-state index >= 15 is 0 Å². The lowest BCUT2D eigenvalue weighted by Gasteiger charge is -2.06. The zero-order valence-electron chi connectivity index (χ0n) is 14.7. The summed E-state index contributed by atoms with van der Waals surface area (Å²) in [6, 6.07) is 8.82. The van der Waals surface area contributed by atoms with Crippen molar-refractivity contribution in [2.75, 3.05) is 0 Å². The first kappa shape index (κ1) is 18.1. The lowest BCUT2D eigenvalue weighted by atomic mass is 10.2. The van der Waals surface area contributed by atoms with Gasteiger partial charge in [0.05, 0.1) is 18.1 Å². The molecule has 0 aliphatic rings. The van der Waals surface area contributed by atoms with Gasteiger partial charge in [0.1, 0.15) is 5.76 Å². The summed E-state index contributed by atoms with van der Waals surface area (Å²) in [6.07, 6.45) is 7.14. The number of nitrogens with zero attached hydrogens (tertiary/aromatic N) is 4. The van der Waals surface area contributed by atoms with Crippen molar-refractivity contribution in [1.82, 2.24) is 20.0 Å². The van der Waals surface area contributed by atoms with Crippen LogP contribution in [0.2, 0.25) is 0 Å². The molecule has 136 valence electrons. The third-order valence-corrected chi connectivity index (χ3v) is 3.82. The molecule has 0 saturated heterocycles. The molecule has 0 radical (unpaired) electrons. The summed E-state index contributed by atoms with van der Waals surface area (Å²) < 4.78 is 5.72. The molecule has 2 aromatic heterocycles. The largest absolute Gasteiger partial charge is 0.480 e. The summed E-state index contributed by atoms with van der Waals surface area (Å²) >= 11 is 0. The fourth-order valence-electron chi connectivity index (χ4n) is 2.42. The number of carboxylic acid groups (broad SMARTS) is 1. The molecule has 0 saturated carbocycles. The summed E-state index contributed by atoms with van der Waals surface area (Å²) in [4.78, 5) is 16.9. The van der Waals surface area contributed by atoms with E-state index in [9.17, 15) is 9.90 Å². The van der Waals surface area contributed by atoms with Crippen LogP contribution in [0.4, 0.5) is 0 Å². The summed E-state index contributed by atoms with van der Waals surface area (Å²) in [5.74, 6) is 6.01. The number of hydrogen-bond donors (Lipinski definition) is 1. The number of oxazole rings is 1. The monoisotopic (exact) mass is 362 g/mol. The van der Waals surface area contributed by atoms with Gasteiger partial charge in [0.2, 0.25) is 5.89 Å². The maximum absolute atomic E-state index is 11.3. The molecule has 7 heteroatoms. The number of allylic oxidation sites excluding steroid dienone is 2. The van der Waals surface area contributed by atoms with Crippen LogP contribution in [0.1, 0.15) is 23.9 Å². The average Bonchev–Trinajstić information content (AvgIpc) is 3.32. The SMILES string of the molecule is Cc1oc(-c2ccccc2)nc1C/C=C/C#CCC(C(=O)O)n1nccn1. The van der Waals surface area contributed by atoms with Crippen LogP contribution in [0.15, 0.2) is 59.3 Å². The highest BCUT2D eigenvalue weighted by Gasteiger charge is 2.19. The van der Waals surface area contributed by atoms with Gasteiger partial charge < -0.3 is 9.52 Å². The Morgan fingerprint density at radius 1 is 1.30 bits per heavy atom. The molecule has 3 rings (SSSR count). The Kier molecular flexibility index (Phi) is 5.80. The van der Waals surface area contributed by atoms with Crippen molar-refractivity contribution < 1.29 is 14.3 Å². The van der Waals surface area contributed by atoms with Crippen LogP contribution >= 0.6 is 0 Å². The van der Waals surface area contributed by atoms with Gasteiger partial charge in [0, 0.05) is 18.4 Å². The highest BCUT2D eigenvalue weighted by atomic mass is 16.4. The predicted molar refractivity (Wildman–Crippen MR) is 98.6 cm³/mol. The van der Waals surface area contributed by atoms with Crippen LogP contribution in [0.5, 0.6) is 0 Å². The van der Waals surface area contributed by atoms with E-state index in [4.69, 9.17) is 4.42 Å². The third-order valence-electron chi connectivity index (χ3n) is 3.82. The van der Waals surface area contributed by atoms with Gasteiger partial charge >= 0.3 is 5.97 Å². The maximum Gasteiger partial charge on any atom is 0.331 e. The molecule has 0 aliphatic carbocycles. The van der Waals surface area contributed by atoms with Gasteiger partial charge in [-0.25, -0.2) is 9.78 Å². The van der Waals surface area contributed by atoms with Gasteiger partial charge in [-0.1, -0.05) is 36.1 Å². The molecule has 0 fully saturated rings. The van der Waals surface area contributed by atoms with E-state index in [0.717, 1.165) is 21.8 Å². The molecular weight excluding hydrogens is 344 g/mol. The minimum absolute atomic E-state index is 0.121. The molecule has 0 aliphatic heterocycles. The summed E-state index contributed by atoms with van der Waals surface area (Å²) in [6.45, 7) is 1.88. The van der Waals surface area contributed by atoms with Gasteiger partial charge in [-0.3, -0.25) is 0 Å². The summed E-state index contributed by atoms with van der Waals surface area (Å²) in [5.41, 5.74) is 1.78. The molecule has 7 nitrogen and oxygen atoms in total. The maximum atomic E-state index is 11.3. The highest BCUT2D eigenvalue weighted by Crippen LogP contribution is 2.21. The number of hydrogen-bond acceptors (Lipinski definition) is 5. The van der Waals surface area contributed by atoms with Crippen LogP contribution < -0.4 is 0 Å². The van der Waals surface area contributed by atoms with E-state index < -0.39 is 12.0 Å². The lowest BCUT2D eigenvalue weighted by Crippen LogP contribution is -2.20. The van der Waals surface area contributed by atoms with Crippen molar-refractivity contribution in [3.05, 3.63) is 66.3 Å². The Balaban J connectivity index is 1.58. The van der Waals surface area contributed by atoms with Crippen LogP contribution in [-0.2, 0) is 11.2 Å². The Morgan fingerprint density at radius 2 is 2.04 bits per heavy atom. The van der Waals surface area contributed by atoms with Gasteiger partial charge in [-0.2, -0.15) is 15.0 Å². The molecule has 1 atom stereocenters. The third kappa shape index (κ3) is 4.70. The summed E-state index contributed by atoms with van der Waals surface area (Å²) in [7, 11) is 0. The zero-order chi connectivity index (χ0) is 19.1. The van der Waals surface area contributed by atoms with E-state index in [0.29, 0.717) is 12.3 Å². The minimum Gasteiger partial charge on any atom is -0.480 e. The van der Waals surface area contributed by atoms with Gasteiger partial charge in [-0.15, -0.1) is 0 Å². The smallest absolute Gasteiger partial charge is 0.331 e. The summed E-state index contributed by atoms with van der Waals surface area (Å²) in [5, 5.41) is 16.9. The van der Waals surface area contributed by atoms with Crippen molar-refractivity contribution in [1.29, 1.82) is 0 Å². The first-order chi connectivity index (χ1) is 13.1. The standard InChI is InChI=1S/C20H18N4O3/c1-15-17(23-19(27-15)16-9-5-4-6-10-16)11-7-2-3-8-12-18(20(25)26)24-21-13-14-22-24/h2,4-7,9-10,13-14,18H,11-12H2,1H3,(H,25,26)/b7-2+. The van der Waals surface area contributed by atoms with E-state index in [2.05, 4.69) is 27.0 Å². The first-order valence-electron chi connectivity index (χ1n) is 8.39. The molecule has 0 spiro atoms. The molecule has 1 unspecified atom stereocenters. The molecule has 3 aromatic rings. The average molecular weight is 362 g/mol. The predicted octanol–water partition coefficient (Wildman–Crippen LogP) is 3.06. The number of carbonyl (C=O) groups is 1. The van der Waals surface area contributed by atoms with E-state index in [-0.39, 0.29) is 6.42 Å². The van der Waals surface area contributed by atoms with Crippen LogP contribution in [-0.4, -0.2) is 31.1 Å². The normalized spacial score (nSPS) is 11.9. The van der Waals surface area contributed by atoms with Crippen molar-refractivity contribution in [3.8, 4) is 23.3 Å². The van der Waals surface area contributed by atoms with E-state index in [1.165, 1.54) is 12.4 Å². The number of aliphatic carboxylic acids is 1. The van der Waals surface area contributed by atoms with E-state index in [1.54, 1.807) is 6.08 Å². The number of rotatable bonds is 6.